The summed E-state index contributed by atoms with van der Waals surface area (Å²) >= 11 is 1.68. The number of fused-ring (bicyclic) bond motifs is 1. The maximum atomic E-state index is 9.96. The first-order chi connectivity index (χ1) is 7.70. The van der Waals surface area contributed by atoms with Gasteiger partial charge in [-0.3, -0.25) is 0 Å². The quantitative estimate of drug-likeness (QED) is 0.882. The zero-order valence-corrected chi connectivity index (χ0v) is 10.5. The van der Waals surface area contributed by atoms with E-state index in [1.807, 2.05) is 18.2 Å². The van der Waals surface area contributed by atoms with Crippen LogP contribution in [-0.2, 0) is 6.42 Å². The van der Waals surface area contributed by atoms with Crippen LogP contribution in [0.1, 0.15) is 25.3 Å². The minimum absolute atomic E-state index is 0.273. The predicted molar refractivity (Wildman–Crippen MR) is 68.8 cm³/mol. The fourth-order valence-electron chi connectivity index (χ4n) is 1.66. The van der Waals surface area contributed by atoms with Crippen LogP contribution in [0.4, 0.5) is 0 Å². The van der Waals surface area contributed by atoms with Crippen molar-refractivity contribution in [1.29, 1.82) is 0 Å². The van der Waals surface area contributed by atoms with Gasteiger partial charge in [-0.25, -0.2) is 4.98 Å². The molecular weight excluding hydrogens is 218 g/mol. The lowest BCUT2D eigenvalue weighted by atomic mass is 10.00. The second kappa shape index (κ2) is 4.93. The van der Waals surface area contributed by atoms with Crippen molar-refractivity contribution in [3.05, 3.63) is 29.3 Å². The summed E-state index contributed by atoms with van der Waals surface area (Å²) in [6.07, 6.45) is 1.41. The number of aliphatic hydroxyl groups excluding tert-OH is 1. The molecule has 0 amide bonds. The predicted octanol–water partition coefficient (Wildman–Crippen LogP) is 3.25. The van der Waals surface area contributed by atoms with E-state index < -0.39 is 0 Å². The number of thiazole rings is 1. The number of benzene rings is 1. The molecular formula is C13H17NOS. The Labute approximate surface area is 100.0 Å². The van der Waals surface area contributed by atoms with Gasteiger partial charge in [0.2, 0.25) is 0 Å². The molecule has 0 aliphatic heterocycles. The van der Waals surface area contributed by atoms with E-state index >= 15 is 0 Å². The number of hydrogen-bond donors (Lipinski definition) is 1. The smallest absolute Gasteiger partial charge is 0.0964 e. The second-order valence-electron chi connectivity index (χ2n) is 4.23. The minimum atomic E-state index is -0.273. The van der Waals surface area contributed by atoms with E-state index in [9.17, 15) is 5.11 Å². The lowest BCUT2D eigenvalue weighted by Gasteiger charge is -2.15. The number of nitrogens with zero attached hydrogens (tertiary/aromatic N) is 1. The summed E-state index contributed by atoms with van der Waals surface area (Å²) in [6, 6.07) is 8.11. The molecule has 2 aromatic rings. The van der Waals surface area contributed by atoms with Crippen LogP contribution in [0, 0.1) is 5.92 Å². The van der Waals surface area contributed by atoms with Gasteiger partial charge in [-0.05, 0) is 18.1 Å². The van der Waals surface area contributed by atoms with Gasteiger partial charge in [-0.1, -0.05) is 32.4 Å². The van der Waals surface area contributed by atoms with Gasteiger partial charge in [-0.2, -0.15) is 0 Å². The molecule has 0 aliphatic rings. The molecule has 3 heteroatoms. The second-order valence-corrected chi connectivity index (χ2v) is 5.35. The Morgan fingerprint density at radius 3 is 2.81 bits per heavy atom. The summed E-state index contributed by atoms with van der Waals surface area (Å²) in [5, 5.41) is 11.0. The molecule has 2 rings (SSSR count). The van der Waals surface area contributed by atoms with Crippen molar-refractivity contribution in [3.8, 4) is 0 Å². The van der Waals surface area contributed by atoms with E-state index in [1.165, 1.54) is 4.70 Å². The molecule has 0 spiro atoms. The van der Waals surface area contributed by atoms with Gasteiger partial charge in [0, 0.05) is 6.42 Å². The number of para-hydroxylation sites is 1. The number of aliphatic hydroxyl groups is 1. The normalized spacial score (nSPS) is 15.2. The Morgan fingerprint density at radius 1 is 1.38 bits per heavy atom. The number of aromatic nitrogens is 1. The highest BCUT2D eigenvalue weighted by atomic mass is 32.1. The summed E-state index contributed by atoms with van der Waals surface area (Å²) in [4.78, 5) is 4.53. The topological polar surface area (TPSA) is 33.1 Å². The standard InChI is InChI=1S/C13H17NOS/c1-3-9(2)11(15)8-13-14-10-6-4-5-7-12(10)16-13/h4-7,9,11,15H,3,8H2,1-2H3. The lowest BCUT2D eigenvalue weighted by Crippen LogP contribution is -2.19. The molecule has 2 unspecified atom stereocenters. The Morgan fingerprint density at radius 2 is 2.12 bits per heavy atom. The zero-order chi connectivity index (χ0) is 11.5. The van der Waals surface area contributed by atoms with Crippen LogP contribution in [0.3, 0.4) is 0 Å². The van der Waals surface area contributed by atoms with Gasteiger partial charge in [0.25, 0.3) is 0 Å². The van der Waals surface area contributed by atoms with Crippen molar-refractivity contribution in [2.24, 2.45) is 5.92 Å². The molecule has 1 aromatic heterocycles. The summed E-state index contributed by atoms with van der Waals surface area (Å²) in [5.74, 6) is 0.340. The van der Waals surface area contributed by atoms with Crippen molar-refractivity contribution in [2.75, 3.05) is 0 Å². The first kappa shape index (κ1) is 11.6. The Bertz CT molecular complexity index is 433. The van der Waals surface area contributed by atoms with Gasteiger partial charge in [0.1, 0.15) is 0 Å². The highest BCUT2D eigenvalue weighted by Gasteiger charge is 2.15. The molecule has 0 saturated heterocycles. The van der Waals surface area contributed by atoms with Crippen molar-refractivity contribution in [1.82, 2.24) is 4.98 Å². The monoisotopic (exact) mass is 235 g/mol. The number of hydrogen-bond acceptors (Lipinski definition) is 3. The molecule has 0 bridgehead atoms. The van der Waals surface area contributed by atoms with Crippen LogP contribution in [-0.4, -0.2) is 16.2 Å². The molecule has 2 atom stereocenters. The molecule has 0 fully saturated rings. The van der Waals surface area contributed by atoms with Crippen LogP contribution in [0.5, 0.6) is 0 Å². The van der Waals surface area contributed by atoms with E-state index in [4.69, 9.17) is 0 Å². The largest absolute Gasteiger partial charge is 0.392 e. The maximum Gasteiger partial charge on any atom is 0.0964 e. The average Bonchev–Trinajstić information content (AvgIpc) is 2.69. The van der Waals surface area contributed by atoms with Gasteiger partial charge < -0.3 is 5.11 Å². The van der Waals surface area contributed by atoms with Crippen LogP contribution in [0.2, 0.25) is 0 Å². The van der Waals surface area contributed by atoms with Gasteiger partial charge in [0.15, 0.2) is 0 Å². The molecule has 0 aliphatic carbocycles. The molecule has 0 saturated carbocycles. The fraction of sp³-hybridized carbons (Fsp3) is 0.462. The van der Waals surface area contributed by atoms with Crippen molar-refractivity contribution < 1.29 is 5.11 Å². The Kier molecular flexibility index (Phi) is 3.56. The van der Waals surface area contributed by atoms with Crippen LogP contribution < -0.4 is 0 Å². The fourth-order valence-corrected chi connectivity index (χ4v) is 2.68. The van der Waals surface area contributed by atoms with Crippen LogP contribution >= 0.6 is 11.3 Å². The molecule has 1 heterocycles. The van der Waals surface area contributed by atoms with E-state index in [-0.39, 0.29) is 6.10 Å². The highest BCUT2D eigenvalue weighted by Crippen LogP contribution is 2.24. The maximum absolute atomic E-state index is 9.96. The molecule has 1 aromatic carbocycles. The van der Waals surface area contributed by atoms with Crippen LogP contribution in [0.25, 0.3) is 10.2 Å². The third-order valence-corrected chi connectivity index (χ3v) is 4.08. The number of rotatable bonds is 4. The highest BCUT2D eigenvalue weighted by molar-refractivity contribution is 7.18. The third kappa shape index (κ3) is 2.42. The zero-order valence-electron chi connectivity index (χ0n) is 9.68. The minimum Gasteiger partial charge on any atom is -0.392 e. The van der Waals surface area contributed by atoms with Crippen LogP contribution in [0.15, 0.2) is 24.3 Å². The van der Waals surface area contributed by atoms with Gasteiger partial charge in [-0.15, -0.1) is 11.3 Å². The van der Waals surface area contributed by atoms with Crippen molar-refractivity contribution >= 4 is 21.6 Å². The van der Waals surface area contributed by atoms with E-state index in [0.717, 1.165) is 16.9 Å². The summed E-state index contributed by atoms with van der Waals surface area (Å²) < 4.78 is 1.20. The molecule has 16 heavy (non-hydrogen) atoms. The van der Waals surface area contributed by atoms with E-state index in [1.54, 1.807) is 11.3 Å². The first-order valence-electron chi connectivity index (χ1n) is 5.73. The van der Waals surface area contributed by atoms with Gasteiger partial charge >= 0.3 is 0 Å². The summed E-state index contributed by atoms with van der Waals surface area (Å²) in [6.45, 7) is 4.18. The first-order valence-corrected chi connectivity index (χ1v) is 6.55. The molecule has 86 valence electrons. The summed E-state index contributed by atoms with van der Waals surface area (Å²) in [5.41, 5.74) is 1.04. The lowest BCUT2D eigenvalue weighted by molar-refractivity contribution is 0.115. The Balaban J connectivity index is 2.15. The third-order valence-electron chi connectivity index (χ3n) is 3.02. The van der Waals surface area contributed by atoms with E-state index in [0.29, 0.717) is 12.3 Å². The molecule has 0 radical (unpaired) electrons. The van der Waals surface area contributed by atoms with E-state index in [2.05, 4.69) is 24.9 Å². The Hall–Kier alpha value is -0.930. The summed E-state index contributed by atoms with van der Waals surface area (Å²) in [7, 11) is 0. The SMILES string of the molecule is CCC(C)C(O)Cc1nc2ccccc2s1. The molecule has 2 nitrogen and oxygen atoms in total. The van der Waals surface area contributed by atoms with Gasteiger partial charge in [0.05, 0.1) is 21.3 Å². The molecule has 1 N–H and O–H groups in total. The average molecular weight is 235 g/mol. The van der Waals surface area contributed by atoms with Crippen molar-refractivity contribution in [3.63, 3.8) is 0 Å². The van der Waals surface area contributed by atoms with Crippen molar-refractivity contribution in [2.45, 2.75) is 32.8 Å².